The molecule has 2 aromatic carbocycles. The standard InChI is InChI=1S/C19H17FN2O3/c20-15-7-6-14-8-9-22(17(14)11-15)12-18(23)21-16(19(24)25)10-13-4-2-1-3-5-13/h1-9,11,16H,10,12H2,(H,21,23)(H,24,25)/t16-/m1/s1. The minimum Gasteiger partial charge on any atom is -0.480 e. The van der Waals surface area contributed by atoms with E-state index in [4.69, 9.17) is 0 Å². The van der Waals surface area contributed by atoms with E-state index in [0.29, 0.717) is 5.52 Å². The van der Waals surface area contributed by atoms with Gasteiger partial charge in [0.2, 0.25) is 5.91 Å². The first kappa shape index (κ1) is 16.7. The van der Waals surface area contributed by atoms with Crippen LogP contribution in [0.25, 0.3) is 10.9 Å². The number of fused-ring (bicyclic) bond motifs is 1. The summed E-state index contributed by atoms with van der Waals surface area (Å²) in [4.78, 5) is 23.7. The van der Waals surface area contributed by atoms with Gasteiger partial charge in [0.1, 0.15) is 18.4 Å². The molecular weight excluding hydrogens is 323 g/mol. The molecule has 0 bridgehead atoms. The molecule has 0 aliphatic heterocycles. The summed E-state index contributed by atoms with van der Waals surface area (Å²) < 4.78 is 15.0. The maximum absolute atomic E-state index is 13.4. The van der Waals surface area contributed by atoms with Crippen LogP contribution in [0.3, 0.4) is 0 Å². The number of carboxylic acids is 1. The van der Waals surface area contributed by atoms with Crippen LogP contribution >= 0.6 is 0 Å². The molecule has 25 heavy (non-hydrogen) atoms. The second kappa shape index (κ2) is 7.17. The molecule has 0 fully saturated rings. The van der Waals surface area contributed by atoms with Gasteiger partial charge in [-0.05, 0) is 35.2 Å². The molecule has 5 nitrogen and oxygen atoms in total. The van der Waals surface area contributed by atoms with E-state index < -0.39 is 17.9 Å². The first-order valence-electron chi connectivity index (χ1n) is 7.83. The highest BCUT2D eigenvalue weighted by Crippen LogP contribution is 2.17. The molecule has 0 radical (unpaired) electrons. The van der Waals surface area contributed by atoms with Gasteiger partial charge in [-0.25, -0.2) is 9.18 Å². The molecule has 0 saturated carbocycles. The number of aliphatic carboxylic acids is 1. The average molecular weight is 340 g/mol. The molecule has 1 atom stereocenters. The smallest absolute Gasteiger partial charge is 0.326 e. The zero-order valence-corrected chi connectivity index (χ0v) is 13.4. The lowest BCUT2D eigenvalue weighted by molar-refractivity contribution is -0.141. The SMILES string of the molecule is O=C(Cn1ccc2ccc(F)cc21)N[C@H](Cc1ccccc1)C(=O)O. The van der Waals surface area contributed by atoms with Crippen molar-refractivity contribution in [3.05, 3.63) is 72.2 Å². The zero-order chi connectivity index (χ0) is 17.8. The van der Waals surface area contributed by atoms with Crippen LogP contribution in [0.15, 0.2) is 60.8 Å². The Hall–Kier alpha value is -3.15. The van der Waals surface area contributed by atoms with Gasteiger partial charge in [-0.3, -0.25) is 4.79 Å². The number of hydrogen-bond acceptors (Lipinski definition) is 2. The monoisotopic (exact) mass is 340 g/mol. The van der Waals surface area contributed by atoms with Crippen LogP contribution in [0.4, 0.5) is 4.39 Å². The minimum atomic E-state index is -1.10. The van der Waals surface area contributed by atoms with Crippen molar-refractivity contribution >= 4 is 22.8 Å². The summed E-state index contributed by atoms with van der Waals surface area (Å²) in [6, 6.07) is 14.2. The van der Waals surface area contributed by atoms with Gasteiger partial charge < -0.3 is 15.0 Å². The summed E-state index contributed by atoms with van der Waals surface area (Å²) >= 11 is 0. The second-order valence-electron chi connectivity index (χ2n) is 5.79. The highest BCUT2D eigenvalue weighted by molar-refractivity contribution is 5.86. The number of rotatable bonds is 6. The summed E-state index contributed by atoms with van der Waals surface area (Å²) in [5.74, 6) is -1.92. The van der Waals surface area contributed by atoms with Gasteiger partial charge in [0.25, 0.3) is 0 Å². The average Bonchev–Trinajstić information content (AvgIpc) is 2.97. The molecule has 3 rings (SSSR count). The van der Waals surface area contributed by atoms with Gasteiger partial charge in [0.05, 0.1) is 5.52 Å². The minimum absolute atomic E-state index is 0.0779. The van der Waals surface area contributed by atoms with Gasteiger partial charge >= 0.3 is 5.97 Å². The van der Waals surface area contributed by atoms with Gasteiger partial charge in [-0.2, -0.15) is 0 Å². The van der Waals surface area contributed by atoms with Crippen molar-refractivity contribution in [2.45, 2.75) is 19.0 Å². The van der Waals surface area contributed by atoms with E-state index in [-0.39, 0.29) is 18.8 Å². The molecule has 1 heterocycles. The summed E-state index contributed by atoms with van der Waals surface area (Å²) in [7, 11) is 0. The summed E-state index contributed by atoms with van der Waals surface area (Å²) in [6.07, 6.45) is 1.87. The maximum Gasteiger partial charge on any atom is 0.326 e. The first-order chi connectivity index (χ1) is 12.0. The number of hydrogen-bond donors (Lipinski definition) is 2. The number of carbonyl (C=O) groups excluding carboxylic acids is 1. The molecule has 1 amide bonds. The zero-order valence-electron chi connectivity index (χ0n) is 13.4. The first-order valence-corrected chi connectivity index (χ1v) is 7.83. The summed E-state index contributed by atoms with van der Waals surface area (Å²) in [6.45, 7) is -0.0779. The molecule has 0 unspecified atom stereocenters. The normalized spacial score (nSPS) is 12.0. The van der Waals surface area contributed by atoms with Gasteiger partial charge in [-0.1, -0.05) is 30.3 Å². The largest absolute Gasteiger partial charge is 0.480 e. The molecule has 0 aliphatic carbocycles. The fraction of sp³-hybridized carbons (Fsp3) is 0.158. The number of carbonyl (C=O) groups is 2. The van der Waals surface area contributed by atoms with Crippen molar-refractivity contribution in [1.29, 1.82) is 0 Å². The van der Waals surface area contributed by atoms with Crippen LogP contribution in [-0.4, -0.2) is 27.6 Å². The number of halogens is 1. The Bertz CT molecular complexity index is 905. The third-order valence-electron chi connectivity index (χ3n) is 3.97. The van der Waals surface area contributed by atoms with Crippen LogP contribution in [0.5, 0.6) is 0 Å². The van der Waals surface area contributed by atoms with Crippen LogP contribution in [0.1, 0.15) is 5.56 Å². The van der Waals surface area contributed by atoms with E-state index in [1.165, 1.54) is 12.1 Å². The predicted molar refractivity (Wildman–Crippen MR) is 91.6 cm³/mol. The van der Waals surface area contributed by atoms with Crippen LogP contribution < -0.4 is 5.32 Å². The third-order valence-corrected chi connectivity index (χ3v) is 3.97. The van der Waals surface area contributed by atoms with Crippen LogP contribution in [0, 0.1) is 5.82 Å². The predicted octanol–water partition coefficient (Wildman–Crippen LogP) is 2.59. The van der Waals surface area contributed by atoms with E-state index in [9.17, 15) is 19.1 Å². The van der Waals surface area contributed by atoms with Crippen molar-refractivity contribution in [2.75, 3.05) is 0 Å². The van der Waals surface area contributed by atoms with Gasteiger partial charge in [0, 0.05) is 12.6 Å². The molecule has 0 aliphatic rings. The van der Waals surface area contributed by atoms with Crippen molar-refractivity contribution in [3.8, 4) is 0 Å². The third kappa shape index (κ3) is 4.03. The van der Waals surface area contributed by atoms with E-state index >= 15 is 0 Å². The van der Waals surface area contributed by atoms with Crippen molar-refractivity contribution in [3.63, 3.8) is 0 Å². The Labute approximate surface area is 143 Å². The Morgan fingerprint density at radius 1 is 1.12 bits per heavy atom. The molecule has 0 saturated heterocycles. The molecule has 128 valence electrons. The number of carboxylic acid groups (broad SMARTS) is 1. The Kier molecular flexibility index (Phi) is 4.79. The summed E-state index contributed by atoms with van der Waals surface area (Å²) in [5.41, 5.74) is 1.41. The summed E-state index contributed by atoms with van der Waals surface area (Å²) in [5, 5.41) is 12.7. The maximum atomic E-state index is 13.4. The molecule has 6 heteroatoms. The Balaban J connectivity index is 1.71. The van der Waals surface area contributed by atoms with Gasteiger partial charge in [0.15, 0.2) is 0 Å². The molecule has 1 aromatic heterocycles. The topological polar surface area (TPSA) is 71.3 Å². The fourth-order valence-electron chi connectivity index (χ4n) is 2.74. The Morgan fingerprint density at radius 3 is 2.60 bits per heavy atom. The number of benzene rings is 2. The number of amides is 1. The molecule has 2 N–H and O–H groups in total. The lowest BCUT2D eigenvalue weighted by Crippen LogP contribution is -2.43. The fourth-order valence-corrected chi connectivity index (χ4v) is 2.74. The number of aromatic nitrogens is 1. The van der Waals surface area contributed by atoms with Crippen LogP contribution in [-0.2, 0) is 22.6 Å². The van der Waals surface area contributed by atoms with E-state index in [2.05, 4.69) is 5.32 Å². The highest BCUT2D eigenvalue weighted by Gasteiger charge is 2.20. The quantitative estimate of drug-likeness (QED) is 0.724. The lowest BCUT2D eigenvalue weighted by Gasteiger charge is -2.15. The van der Waals surface area contributed by atoms with E-state index in [0.717, 1.165) is 10.9 Å². The van der Waals surface area contributed by atoms with Gasteiger partial charge in [-0.15, -0.1) is 0 Å². The molecule has 3 aromatic rings. The van der Waals surface area contributed by atoms with Crippen molar-refractivity contribution in [2.24, 2.45) is 0 Å². The van der Waals surface area contributed by atoms with E-state index in [1.807, 2.05) is 30.3 Å². The Morgan fingerprint density at radius 2 is 1.88 bits per heavy atom. The molecular formula is C19H17FN2O3. The molecule has 0 spiro atoms. The van der Waals surface area contributed by atoms with Crippen molar-refractivity contribution < 1.29 is 19.1 Å². The van der Waals surface area contributed by atoms with Crippen molar-refractivity contribution in [1.82, 2.24) is 9.88 Å². The number of nitrogens with one attached hydrogen (secondary N) is 1. The number of nitrogens with zero attached hydrogens (tertiary/aromatic N) is 1. The lowest BCUT2D eigenvalue weighted by atomic mass is 10.1. The second-order valence-corrected chi connectivity index (χ2v) is 5.79. The van der Waals surface area contributed by atoms with E-state index in [1.54, 1.807) is 22.9 Å². The van der Waals surface area contributed by atoms with Crippen LogP contribution in [0.2, 0.25) is 0 Å². The highest BCUT2D eigenvalue weighted by atomic mass is 19.1.